The number of hydrogen-bond acceptors (Lipinski definition) is 1. The molecule has 0 saturated heterocycles. The van der Waals surface area contributed by atoms with Gasteiger partial charge >= 0.3 is 0 Å². The van der Waals surface area contributed by atoms with Crippen LogP contribution in [0.3, 0.4) is 0 Å². The lowest BCUT2D eigenvalue weighted by Crippen LogP contribution is -2.00. The second-order valence-electron chi connectivity index (χ2n) is 4.13. The number of ether oxygens (including phenoxy) is 1. The first-order valence-corrected chi connectivity index (χ1v) is 8.69. The molecule has 1 atom stereocenters. The zero-order valence-electron chi connectivity index (χ0n) is 10.1. The third-order valence-electron chi connectivity index (χ3n) is 2.26. The van der Waals surface area contributed by atoms with Gasteiger partial charge in [-0.15, -0.1) is 6.58 Å². The molecule has 1 aromatic rings. The molecule has 0 aliphatic rings. The van der Waals surface area contributed by atoms with Crippen LogP contribution < -0.4 is 0 Å². The topological polar surface area (TPSA) is 9.23 Å². The summed E-state index contributed by atoms with van der Waals surface area (Å²) in [4.78, 5) is 0. The maximum atomic E-state index is 5.76. The van der Waals surface area contributed by atoms with Crippen molar-refractivity contribution in [3.63, 3.8) is 0 Å². The molecule has 0 heterocycles. The van der Waals surface area contributed by atoms with E-state index in [0.717, 1.165) is 6.42 Å². The Labute approximate surface area is 100 Å². The molecule has 0 spiro atoms. The SMILES string of the molecule is C=CCC(OC=C[SiH](C)C)c1ccccc1. The zero-order chi connectivity index (χ0) is 11.8. The minimum absolute atomic E-state index is 0.0997. The largest absolute Gasteiger partial charge is 0.494 e. The Bertz CT molecular complexity index is 330. The van der Waals surface area contributed by atoms with Crippen LogP contribution in [0.5, 0.6) is 0 Å². The molecule has 0 fully saturated rings. The standard InChI is InChI=1S/C14H20OSi/c1-4-8-14(15-11-12-16(2)3)13-9-6-5-7-10-13/h4-7,9-12,14,16H,1,8H2,2-3H3. The van der Waals surface area contributed by atoms with Gasteiger partial charge in [0.2, 0.25) is 0 Å². The maximum Gasteiger partial charge on any atom is 0.126 e. The molecule has 0 bridgehead atoms. The molecule has 0 radical (unpaired) electrons. The third kappa shape index (κ3) is 4.49. The van der Waals surface area contributed by atoms with Gasteiger partial charge < -0.3 is 4.74 Å². The monoisotopic (exact) mass is 232 g/mol. The number of benzene rings is 1. The summed E-state index contributed by atoms with van der Waals surface area (Å²) in [5, 5.41) is 0. The molecule has 1 rings (SSSR count). The molecule has 86 valence electrons. The highest BCUT2D eigenvalue weighted by Gasteiger charge is 2.08. The van der Waals surface area contributed by atoms with Crippen molar-refractivity contribution < 1.29 is 4.74 Å². The molecule has 0 aliphatic carbocycles. The predicted octanol–water partition coefficient (Wildman–Crippen LogP) is 3.86. The molecule has 0 amide bonds. The number of rotatable bonds is 6. The molecule has 2 heteroatoms. The summed E-state index contributed by atoms with van der Waals surface area (Å²) in [5.41, 5.74) is 3.40. The highest BCUT2D eigenvalue weighted by molar-refractivity contribution is 6.61. The summed E-state index contributed by atoms with van der Waals surface area (Å²) < 4.78 is 5.76. The molecular weight excluding hydrogens is 212 g/mol. The molecule has 0 saturated carbocycles. The van der Waals surface area contributed by atoms with E-state index in [2.05, 4.69) is 37.5 Å². The van der Waals surface area contributed by atoms with Crippen molar-refractivity contribution in [3.8, 4) is 0 Å². The maximum absolute atomic E-state index is 5.76. The molecule has 16 heavy (non-hydrogen) atoms. The van der Waals surface area contributed by atoms with Crippen LogP contribution in [0, 0.1) is 0 Å². The zero-order valence-corrected chi connectivity index (χ0v) is 11.3. The van der Waals surface area contributed by atoms with E-state index in [1.807, 2.05) is 30.5 Å². The van der Waals surface area contributed by atoms with Gasteiger partial charge in [0.25, 0.3) is 0 Å². The Balaban J connectivity index is 2.64. The quantitative estimate of drug-likeness (QED) is 0.411. The van der Waals surface area contributed by atoms with Gasteiger partial charge in [-0.3, -0.25) is 0 Å². The van der Waals surface area contributed by atoms with Crippen molar-refractivity contribution in [2.45, 2.75) is 25.6 Å². The van der Waals surface area contributed by atoms with Crippen LogP contribution >= 0.6 is 0 Å². The summed E-state index contributed by atoms with van der Waals surface area (Å²) >= 11 is 0. The average molecular weight is 232 g/mol. The Hall–Kier alpha value is -1.28. The van der Waals surface area contributed by atoms with Gasteiger partial charge in [-0.1, -0.05) is 55.2 Å². The first-order chi connectivity index (χ1) is 7.74. The molecule has 1 aromatic carbocycles. The van der Waals surface area contributed by atoms with Crippen LogP contribution in [0.2, 0.25) is 13.1 Å². The number of hydrogen-bond donors (Lipinski definition) is 0. The van der Waals surface area contributed by atoms with E-state index in [4.69, 9.17) is 4.74 Å². The molecule has 1 unspecified atom stereocenters. The van der Waals surface area contributed by atoms with E-state index < -0.39 is 8.80 Å². The summed E-state index contributed by atoms with van der Waals surface area (Å²) in [7, 11) is -0.675. The highest BCUT2D eigenvalue weighted by Crippen LogP contribution is 2.21. The van der Waals surface area contributed by atoms with E-state index in [1.54, 1.807) is 0 Å². The highest BCUT2D eigenvalue weighted by atomic mass is 28.3. The Kier molecular flexibility index (Phi) is 5.65. The summed E-state index contributed by atoms with van der Waals surface area (Å²) in [6.45, 7) is 8.31. The molecule has 0 N–H and O–H groups in total. The fourth-order valence-electron chi connectivity index (χ4n) is 1.39. The lowest BCUT2D eigenvalue weighted by atomic mass is 10.1. The van der Waals surface area contributed by atoms with Gasteiger partial charge in [0.1, 0.15) is 6.10 Å². The summed E-state index contributed by atoms with van der Waals surface area (Å²) in [5.74, 6) is 0. The first kappa shape index (κ1) is 12.8. The van der Waals surface area contributed by atoms with Crippen molar-refractivity contribution in [1.29, 1.82) is 0 Å². The van der Waals surface area contributed by atoms with Crippen molar-refractivity contribution >= 4 is 8.80 Å². The first-order valence-electron chi connectivity index (χ1n) is 5.72. The van der Waals surface area contributed by atoms with Crippen LogP contribution in [0.25, 0.3) is 0 Å². The van der Waals surface area contributed by atoms with Crippen LogP contribution in [0.4, 0.5) is 0 Å². The van der Waals surface area contributed by atoms with Crippen LogP contribution in [0.15, 0.2) is 54.9 Å². The molecule has 1 nitrogen and oxygen atoms in total. The Morgan fingerprint density at radius 3 is 2.56 bits per heavy atom. The third-order valence-corrected chi connectivity index (χ3v) is 3.19. The van der Waals surface area contributed by atoms with E-state index >= 15 is 0 Å². The van der Waals surface area contributed by atoms with Gasteiger partial charge in [-0.25, -0.2) is 0 Å². The second-order valence-corrected chi connectivity index (χ2v) is 7.01. The predicted molar refractivity (Wildman–Crippen MR) is 73.1 cm³/mol. The average Bonchev–Trinajstić information content (AvgIpc) is 2.29. The van der Waals surface area contributed by atoms with Crippen molar-refractivity contribution in [1.82, 2.24) is 0 Å². The smallest absolute Gasteiger partial charge is 0.126 e. The minimum Gasteiger partial charge on any atom is -0.494 e. The van der Waals surface area contributed by atoms with Gasteiger partial charge in [-0.2, -0.15) is 0 Å². The Morgan fingerprint density at radius 2 is 2.00 bits per heavy atom. The minimum atomic E-state index is -0.675. The fraction of sp³-hybridized carbons (Fsp3) is 0.286. The molecule has 0 aliphatic heterocycles. The normalized spacial score (nSPS) is 12.9. The van der Waals surface area contributed by atoms with E-state index in [-0.39, 0.29) is 6.10 Å². The summed E-state index contributed by atoms with van der Waals surface area (Å²) in [6.07, 6.45) is 4.70. The van der Waals surface area contributed by atoms with Crippen LogP contribution in [-0.4, -0.2) is 8.80 Å². The van der Waals surface area contributed by atoms with Gasteiger partial charge in [-0.05, 0) is 5.56 Å². The fourth-order valence-corrected chi connectivity index (χ4v) is 1.79. The van der Waals surface area contributed by atoms with E-state index in [1.165, 1.54) is 5.56 Å². The van der Waals surface area contributed by atoms with E-state index in [0.29, 0.717) is 0 Å². The van der Waals surface area contributed by atoms with Gasteiger partial charge in [0, 0.05) is 6.42 Å². The van der Waals surface area contributed by atoms with Gasteiger partial charge in [0.15, 0.2) is 0 Å². The second kappa shape index (κ2) is 7.07. The lowest BCUT2D eigenvalue weighted by molar-refractivity contribution is 0.149. The van der Waals surface area contributed by atoms with Gasteiger partial charge in [0.05, 0.1) is 15.1 Å². The Morgan fingerprint density at radius 1 is 1.31 bits per heavy atom. The lowest BCUT2D eigenvalue weighted by Gasteiger charge is -2.15. The van der Waals surface area contributed by atoms with Crippen LogP contribution in [-0.2, 0) is 4.74 Å². The molecule has 0 aromatic heterocycles. The molecular formula is C14H20OSi. The van der Waals surface area contributed by atoms with E-state index in [9.17, 15) is 0 Å². The summed E-state index contributed by atoms with van der Waals surface area (Å²) in [6, 6.07) is 10.3. The van der Waals surface area contributed by atoms with Crippen LogP contribution in [0.1, 0.15) is 18.1 Å². The van der Waals surface area contributed by atoms with Crippen molar-refractivity contribution in [3.05, 3.63) is 60.5 Å². The van der Waals surface area contributed by atoms with Crippen molar-refractivity contribution in [2.24, 2.45) is 0 Å². The van der Waals surface area contributed by atoms with Crippen molar-refractivity contribution in [2.75, 3.05) is 0 Å².